The minimum atomic E-state index is -1.14. The van der Waals surface area contributed by atoms with Crippen molar-refractivity contribution >= 4 is 17.8 Å². The third kappa shape index (κ3) is 3.33. The Bertz CT molecular complexity index is 946. The smallest absolute Gasteiger partial charge is 0.325 e. The van der Waals surface area contributed by atoms with Gasteiger partial charge in [0.15, 0.2) is 0 Å². The summed E-state index contributed by atoms with van der Waals surface area (Å²) in [5.41, 5.74) is 0.475. The Balaban J connectivity index is 1.49. The highest BCUT2D eigenvalue weighted by molar-refractivity contribution is 6.09. The zero-order valence-corrected chi connectivity index (χ0v) is 16.2. The average molecular weight is 393 g/mol. The second-order valence-electron chi connectivity index (χ2n) is 7.24. The normalized spacial score (nSPS) is 23.2. The van der Waals surface area contributed by atoms with Gasteiger partial charge in [0.05, 0.1) is 12.6 Å². The van der Waals surface area contributed by atoms with Gasteiger partial charge in [0.1, 0.15) is 17.8 Å². The van der Waals surface area contributed by atoms with Gasteiger partial charge in [0, 0.05) is 12.0 Å². The number of carbonyl (C=O) groups excluding carboxylic acids is 3. The summed E-state index contributed by atoms with van der Waals surface area (Å²) < 4.78 is 5.61. The summed E-state index contributed by atoms with van der Waals surface area (Å²) in [4.78, 5) is 39.4. The Hall–Kier alpha value is -3.35. The summed E-state index contributed by atoms with van der Waals surface area (Å²) in [7, 11) is 0. The number of hydrogen-bond donors (Lipinski definition) is 2. The number of benzene rings is 2. The molecule has 2 heterocycles. The summed E-state index contributed by atoms with van der Waals surface area (Å²) in [5.74, 6) is -0.0398. The molecule has 1 fully saturated rings. The highest BCUT2D eigenvalue weighted by Crippen LogP contribution is 2.33. The fourth-order valence-corrected chi connectivity index (χ4v) is 4.01. The van der Waals surface area contributed by atoms with Crippen LogP contribution < -0.4 is 15.4 Å². The number of ether oxygens (including phenoxy) is 1. The lowest BCUT2D eigenvalue weighted by molar-refractivity contribution is -0.135. The molecule has 0 aliphatic carbocycles. The molecule has 2 aromatic rings. The van der Waals surface area contributed by atoms with E-state index in [1.54, 1.807) is 0 Å². The number of amides is 4. The summed E-state index contributed by atoms with van der Waals surface area (Å²) in [6.45, 7) is 2.02. The third-order valence-corrected chi connectivity index (χ3v) is 5.57. The van der Waals surface area contributed by atoms with Crippen LogP contribution in [0.4, 0.5) is 4.79 Å². The maximum Gasteiger partial charge on any atom is 0.325 e. The van der Waals surface area contributed by atoms with Gasteiger partial charge in [0.2, 0.25) is 5.91 Å². The number of fused-ring (bicyclic) bond motifs is 1. The Morgan fingerprint density at radius 1 is 1.17 bits per heavy atom. The van der Waals surface area contributed by atoms with E-state index < -0.39 is 17.5 Å². The second kappa shape index (κ2) is 7.58. The van der Waals surface area contributed by atoms with Crippen LogP contribution in [0, 0.1) is 0 Å². The largest absolute Gasteiger partial charge is 0.493 e. The summed E-state index contributed by atoms with van der Waals surface area (Å²) >= 11 is 0. The molecule has 4 amide bonds. The van der Waals surface area contributed by atoms with Gasteiger partial charge in [-0.2, -0.15) is 0 Å². The van der Waals surface area contributed by atoms with Gasteiger partial charge in [0.25, 0.3) is 5.91 Å². The Morgan fingerprint density at radius 3 is 2.66 bits per heavy atom. The SMILES string of the molecule is CCC1(c2ccccc2)NC(=O)N(CC(=O)NC2CCOc3ccccc32)C1=O. The van der Waals surface area contributed by atoms with Crippen molar-refractivity contribution in [2.24, 2.45) is 0 Å². The predicted molar refractivity (Wildman–Crippen MR) is 106 cm³/mol. The van der Waals surface area contributed by atoms with E-state index in [2.05, 4.69) is 10.6 Å². The summed E-state index contributed by atoms with van der Waals surface area (Å²) in [6.07, 6.45) is 1.03. The third-order valence-electron chi connectivity index (χ3n) is 5.57. The van der Waals surface area contributed by atoms with Crippen LogP contribution in [0.2, 0.25) is 0 Å². The van der Waals surface area contributed by atoms with Crippen LogP contribution in [-0.2, 0) is 15.1 Å². The minimum absolute atomic E-state index is 0.210. The minimum Gasteiger partial charge on any atom is -0.493 e. The molecule has 7 nitrogen and oxygen atoms in total. The van der Waals surface area contributed by atoms with E-state index in [0.717, 1.165) is 16.2 Å². The van der Waals surface area contributed by atoms with Gasteiger partial charge in [-0.1, -0.05) is 55.5 Å². The molecule has 2 N–H and O–H groups in total. The molecule has 29 heavy (non-hydrogen) atoms. The van der Waals surface area contributed by atoms with E-state index >= 15 is 0 Å². The van der Waals surface area contributed by atoms with Crippen LogP contribution in [0.3, 0.4) is 0 Å². The van der Waals surface area contributed by atoms with Gasteiger partial charge < -0.3 is 15.4 Å². The van der Waals surface area contributed by atoms with E-state index in [1.807, 2.05) is 61.5 Å². The van der Waals surface area contributed by atoms with Crippen LogP contribution in [0.15, 0.2) is 54.6 Å². The second-order valence-corrected chi connectivity index (χ2v) is 7.24. The molecule has 0 radical (unpaired) electrons. The standard InChI is InChI=1S/C22H23N3O4/c1-2-22(15-8-4-3-5-9-15)20(27)25(21(28)24-22)14-19(26)23-17-12-13-29-18-11-7-6-10-16(17)18/h3-11,17H,2,12-14H2,1H3,(H,23,26)(H,24,28). The number of nitrogens with zero attached hydrogens (tertiary/aromatic N) is 1. The topological polar surface area (TPSA) is 87.7 Å². The fourth-order valence-electron chi connectivity index (χ4n) is 4.01. The number of rotatable bonds is 5. The number of nitrogens with one attached hydrogen (secondary N) is 2. The number of urea groups is 1. The van der Waals surface area contributed by atoms with Crippen LogP contribution >= 0.6 is 0 Å². The maximum absolute atomic E-state index is 13.1. The van der Waals surface area contributed by atoms with Crippen molar-refractivity contribution in [3.8, 4) is 5.75 Å². The van der Waals surface area contributed by atoms with Gasteiger partial charge in [-0.05, 0) is 18.1 Å². The molecule has 0 saturated carbocycles. The van der Waals surface area contributed by atoms with Gasteiger partial charge in [-0.3, -0.25) is 14.5 Å². The Kier molecular flexibility index (Phi) is 4.96. The molecular formula is C22H23N3O4. The molecular weight excluding hydrogens is 370 g/mol. The van der Waals surface area contributed by atoms with Crippen molar-refractivity contribution < 1.29 is 19.1 Å². The highest BCUT2D eigenvalue weighted by Gasteiger charge is 2.51. The first-order valence-electron chi connectivity index (χ1n) is 9.76. The first-order chi connectivity index (χ1) is 14.0. The van der Waals surface area contributed by atoms with Crippen molar-refractivity contribution in [2.75, 3.05) is 13.2 Å². The van der Waals surface area contributed by atoms with E-state index in [9.17, 15) is 14.4 Å². The van der Waals surface area contributed by atoms with Crippen molar-refractivity contribution in [1.29, 1.82) is 0 Å². The Labute approximate surface area is 169 Å². The molecule has 2 aromatic carbocycles. The zero-order chi connectivity index (χ0) is 20.4. The predicted octanol–water partition coefficient (Wildman–Crippen LogP) is 2.48. The van der Waals surface area contributed by atoms with Crippen LogP contribution in [0.5, 0.6) is 5.75 Å². The van der Waals surface area contributed by atoms with Gasteiger partial charge >= 0.3 is 6.03 Å². The lowest BCUT2D eigenvalue weighted by Gasteiger charge is -2.27. The average Bonchev–Trinajstić information content (AvgIpc) is 3.00. The molecule has 2 unspecified atom stereocenters. The first kappa shape index (κ1) is 19.0. The summed E-state index contributed by atoms with van der Waals surface area (Å²) in [6, 6.07) is 15.9. The first-order valence-corrected chi connectivity index (χ1v) is 9.76. The maximum atomic E-state index is 13.1. The molecule has 2 aliphatic heterocycles. The number of imide groups is 1. The number of para-hydroxylation sites is 1. The Morgan fingerprint density at radius 2 is 1.90 bits per heavy atom. The van der Waals surface area contributed by atoms with E-state index in [1.165, 1.54) is 0 Å². The van der Waals surface area contributed by atoms with Crippen molar-refractivity contribution in [3.63, 3.8) is 0 Å². The molecule has 0 spiro atoms. The lowest BCUT2D eigenvalue weighted by Crippen LogP contribution is -2.45. The summed E-state index contributed by atoms with van der Waals surface area (Å²) in [5, 5.41) is 5.73. The van der Waals surface area contributed by atoms with Crippen LogP contribution in [0.1, 0.15) is 36.9 Å². The van der Waals surface area contributed by atoms with Crippen LogP contribution in [-0.4, -0.2) is 35.9 Å². The molecule has 7 heteroatoms. The zero-order valence-electron chi connectivity index (χ0n) is 16.2. The number of carbonyl (C=O) groups is 3. The van der Waals surface area contributed by atoms with E-state index in [0.29, 0.717) is 25.0 Å². The number of hydrogen-bond acceptors (Lipinski definition) is 4. The van der Waals surface area contributed by atoms with Crippen LogP contribution in [0.25, 0.3) is 0 Å². The van der Waals surface area contributed by atoms with E-state index in [-0.39, 0.29) is 18.5 Å². The molecule has 2 atom stereocenters. The molecule has 1 saturated heterocycles. The fraction of sp³-hybridized carbons (Fsp3) is 0.318. The van der Waals surface area contributed by atoms with E-state index in [4.69, 9.17) is 4.74 Å². The highest BCUT2D eigenvalue weighted by atomic mass is 16.5. The molecule has 4 rings (SSSR count). The molecule has 150 valence electrons. The quantitative estimate of drug-likeness (QED) is 0.764. The monoisotopic (exact) mass is 393 g/mol. The van der Waals surface area contributed by atoms with Gasteiger partial charge in [-0.25, -0.2) is 4.79 Å². The molecule has 0 aromatic heterocycles. The van der Waals surface area contributed by atoms with Crippen molar-refractivity contribution in [1.82, 2.24) is 15.5 Å². The lowest BCUT2D eigenvalue weighted by atomic mass is 9.87. The molecule has 2 aliphatic rings. The molecule has 0 bridgehead atoms. The van der Waals surface area contributed by atoms with Gasteiger partial charge in [-0.15, -0.1) is 0 Å². The van der Waals surface area contributed by atoms with Crippen molar-refractivity contribution in [3.05, 3.63) is 65.7 Å². The van der Waals surface area contributed by atoms with Crippen molar-refractivity contribution in [2.45, 2.75) is 31.3 Å².